The Bertz CT molecular complexity index is 1210. The Labute approximate surface area is 294 Å². The first-order chi connectivity index (χ1) is 22.8. The van der Waals surface area contributed by atoms with Crippen LogP contribution in [0.25, 0.3) is 0 Å². The normalized spacial score (nSPS) is 31.5. The number of nitrogens with zero attached hydrogens (tertiary/aromatic N) is 2. The molecule has 0 atom stereocenters. The van der Waals surface area contributed by atoms with E-state index in [1.165, 1.54) is 109 Å². The summed E-state index contributed by atoms with van der Waals surface area (Å²) in [5.74, 6) is 5.54. The molecule has 2 nitrogen and oxygen atoms in total. The number of rotatable bonds is 9. The molecule has 2 aromatic heterocycles. The molecule has 6 rings (SSSR count). The zero-order valence-corrected chi connectivity index (χ0v) is 30.7. The van der Waals surface area contributed by atoms with Crippen molar-refractivity contribution in [2.45, 2.75) is 161 Å². The van der Waals surface area contributed by atoms with Crippen LogP contribution in [0, 0.1) is 47.4 Å². The molecule has 4 saturated carbocycles. The molecule has 47 heavy (non-hydrogen) atoms. The summed E-state index contributed by atoms with van der Waals surface area (Å²) in [5.41, 5.74) is 1.56. The summed E-state index contributed by atoms with van der Waals surface area (Å²) in [5, 5.41) is 0.508. The van der Waals surface area contributed by atoms with Crippen molar-refractivity contribution >= 4 is 23.2 Å². The van der Waals surface area contributed by atoms with Crippen LogP contribution in [0.4, 0.5) is 8.78 Å². The molecule has 0 amide bonds. The minimum Gasteiger partial charge on any atom is -0.208 e. The average Bonchev–Trinajstić information content (AvgIpc) is 3.09. The van der Waals surface area contributed by atoms with Crippen LogP contribution >= 0.6 is 23.2 Å². The van der Waals surface area contributed by atoms with Crippen molar-refractivity contribution in [1.29, 1.82) is 0 Å². The molecule has 0 saturated heterocycles. The lowest BCUT2D eigenvalue weighted by Crippen LogP contribution is -2.25. The number of halogens is 4. The Morgan fingerprint density at radius 3 is 1.21 bits per heavy atom. The number of hydrogen-bond acceptors (Lipinski definition) is 2. The van der Waals surface area contributed by atoms with Crippen LogP contribution in [0.15, 0.2) is 24.3 Å². The molecule has 262 valence electrons. The molecule has 0 radical (unpaired) electrons. The molecule has 4 aliphatic carbocycles. The molecule has 0 unspecified atom stereocenters. The largest absolute Gasteiger partial charge is 0.217 e. The van der Waals surface area contributed by atoms with Gasteiger partial charge in [-0.3, -0.25) is 0 Å². The second kappa shape index (κ2) is 18.7. The van der Waals surface area contributed by atoms with Gasteiger partial charge in [-0.2, -0.15) is 8.78 Å². The van der Waals surface area contributed by atoms with E-state index in [0.29, 0.717) is 11.8 Å². The molecule has 0 N–H and O–H groups in total. The van der Waals surface area contributed by atoms with Crippen molar-refractivity contribution in [3.05, 3.63) is 57.6 Å². The Balaban J connectivity index is 0.000000185. The van der Waals surface area contributed by atoms with E-state index >= 15 is 0 Å². The highest BCUT2D eigenvalue weighted by molar-refractivity contribution is 6.29. The second-order valence-electron chi connectivity index (χ2n) is 15.7. The average molecular weight is 690 g/mol. The molecule has 0 spiro atoms. The van der Waals surface area contributed by atoms with Crippen molar-refractivity contribution in [2.24, 2.45) is 35.5 Å². The van der Waals surface area contributed by atoms with E-state index in [1.807, 2.05) is 12.1 Å². The van der Waals surface area contributed by atoms with E-state index < -0.39 is 0 Å². The maximum Gasteiger partial charge on any atom is 0.217 e. The molecule has 2 heterocycles. The van der Waals surface area contributed by atoms with Gasteiger partial charge in [0.25, 0.3) is 0 Å². The maximum absolute atomic E-state index is 14.0. The summed E-state index contributed by atoms with van der Waals surface area (Å²) in [7, 11) is 0. The lowest BCUT2D eigenvalue weighted by Gasteiger charge is -2.38. The molecule has 0 aliphatic heterocycles. The summed E-state index contributed by atoms with van der Waals surface area (Å²) < 4.78 is 28.0. The Morgan fingerprint density at radius 1 is 0.511 bits per heavy atom. The van der Waals surface area contributed by atoms with E-state index in [9.17, 15) is 8.78 Å². The van der Waals surface area contributed by atoms with Crippen LogP contribution in [-0.4, -0.2) is 9.97 Å². The summed E-state index contributed by atoms with van der Waals surface area (Å²) in [6.45, 7) is 4.60. The van der Waals surface area contributed by atoms with E-state index in [4.69, 9.17) is 23.2 Å². The highest BCUT2D eigenvalue weighted by atomic mass is 35.5. The van der Waals surface area contributed by atoms with Crippen molar-refractivity contribution in [1.82, 2.24) is 9.97 Å². The third-order valence-corrected chi connectivity index (χ3v) is 13.3. The van der Waals surface area contributed by atoms with Crippen molar-refractivity contribution in [3.63, 3.8) is 0 Å². The predicted molar refractivity (Wildman–Crippen MR) is 193 cm³/mol. The SMILES string of the molecule is CCCC[C@H]1CC[C@H](C2CCC(c3ccc(Cl)nc3F)CC2)CC1.CCC[C@H]1CC[C@H](C2CCC(c3ccc(Cl)nc3F)CC2)CC1. The van der Waals surface area contributed by atoms with Gasteiger partial charge in [-0.1, -0.05) is 107 Å². The third-order valence-electron chi connectivity index (χ3n) is 12.9. The zero-order valence-electron chi connectivity index (χ0n) is 29.2. The fourth-order valence-electron chi connectivity index (χ4n) is 10.1. The molecule has 4 aliphatic rings. The smallest absolute Gasteiger partial charge is 0.208 e. The van der Waals surface area contributed by atoms with Gasteiger partial charge in [0.15, 0.2) is 0 Å². The lowest BCUT2D eigenvalue weighted by molar-refractivity contribution is 0.155. The van der Waals surface area contributed by atoms with Crippen molar-refractivity contribution < 1.29 is 8.78 Å². The van der Waals surface area contributed by atoms with Gasteiger partial charge in [-0.15, -0.1) is 0 Å². The highest BCUT2D eigenvalue weighted by Gasteiger charge is 2.33. The van der Waals surface area contributed by atoms with Gasteiger partial charge in [0.05, 0.1) is 0 Å². The standard InChI is InChI=1S/C21H31ClFN.C20H29ClFN/c1-2-3-4-15-5-7-16(8-6-15)17-9-11-18(12-10-17)19-13-14-20(22)24-21(19)23;1-2-3-14-4-6-15(7-5-14)16-8-10-17(11-9-16)18-12-13-19(21)23-20(18)22/h13-18H,2-12H2,1H3;12-17H,2-11H2,1H3/t15-,16-,17?,18?;14-,15-,16?,17?. The van der Waals surface area contributed by atoms with Gasteiger partial charge in [-0.25, -0.2) is 9.97 Å². The summed E-state index contributed by atoms with van der Waals surface area (Å²) in [6, 6.07) is 7.13. The third kappa shape index (κ3) is 10.6. The van der Waals surface area contributed by atoms with Crippen LogP contribution in [0.3, 0.4) is 0 Å². The first kappa shape index (κ1) is 37.0. The number of unbranched alkanes of at least 4 members (excludes halogenated alkanes) is 1. The predicted octanol–water partition coefficient (Wildman–Crippen LogP) is 13.9. The Hall–Kier alpha value is -1.26. The minimum atomic E-state index is -0.360. The van der Waals surface area contributed by atoms with Crippen LogP contribution in [0.5, 0.6) is 0 Å². The molecule has 4 fully saturated rings. The lowest BCUT2D eigenvalue weighted by atomic mass is 9.68. The van der Waals surface area contributed by atoms with E-state index in [0.717, 1.165) is 72.3 Å². The Morgan fingerprint density at radius 2 is 0.872 bits per heavy atom. The summed E-state index contributed by atoms with van der Waals surface area (Å²) >= 11 is 11.5. The van der Waals surface area contributed by atoms with E-state index in [2.05, 4.69) is 23.8 Å². The first-order valence-corrected chi connectivity index (χ1v) is 20.2. The van der Waals surface area contributed by atoms with Crippen LogP contribution < -0.4 is 0 Å². The van der Waals surface area contributed by atoms with E-state index in [1.54, 1.807) is 12.1 Å². The molecule has 0 bridgehead atoms. The van der Waals surface area contributed by atoms with Gasteiger partial charge < -0.3 is 0 Å². The second-order valence-corrected chi connectivity index (χ2v) is 16.5. The van der Waals surface area contributed by atoms with Crippen molar-refractivity contribution in [2.75, 3.05) is 0 Å². The number of pyridine rings is 2. The van der Waals surface area contributed by atoms with Gasteiger partial charge in [-0.05, 0) is 137 Å². The number of hydrogen-bond donors (Lipinski definition) is 0. The molecular weight excluding hydrogens is 629 g/mol. The fourth-order valence-corrected chi connectivity index (χ4v) is 10.3. The molecule has 2 aromatic rings. The van der Waals surface area contributed by atoms with Gasteiger partial charge in [0.2, 0.25) is 11.9 Å². The van der Waals surface area contributed by atoms with E-state index in [-0.39, 0.29) is 22.2 Å². The van der Waals surface area contributed by atoms with Crippen LogP contribution in [0.1, 0.15) is 172 Å². The summed E-state index contributed by atoms with van der Waals surface area (Å²) in [4.78, 5) is 7.57. The number of aromatic nitrogens is 2. The highest BCUT2D eigenvalue weighted by Crippen LogP contribution is 2.46. The first-order valence-electron chi connectivity index (χ1n) is 19.5. The molecule has 0 aromatic carbocycles. The molecule has 6 heteroatoms. The molecular formula is C41H60Cl2F2N2. The van der Waals surface area contributed by atoms with Gasteiger partial charge >= 0.3 is 0 Å². The minimum absolute atomic E-state index is 0.253. The van der Waals surface area contributed by atoms with Crippen LogP contribution in [-0.2, 0) is 0 Å². The van der Waals surface area contributed by atoms with Gasteiger partial charge in [0, 0.05) is 11.1 Å². The zero-order chi connectivity index (χ0) is 33.2. The monoisotopic (exact) mass is 688 g/mol. The summed E-state index contributed by atoms with van der Waals surface area (Å²) in [6.07, 6.45) is 27.9. The fraction of sp³-hybridized carbons (Fsp3) is 0.756. The quantitative estimate of drug-likeness (QED) is 0.245. The topological polar surface area (TPSA) is 25.8 Å². The maximum atomic E-state index is 14.0. The van der Waals surface area contributed by atoms with Crippen molar-refractivity contribution in [3.8, 4) is 0 Å². The van der Waals surface area contributed by atoms with Gasteiger partial charge in [0.1, 0.15) is 10.3 Å². The van der Waals surface area contributed by atoms with Crippen LogP contribution in [0.2, 0.25) is 10.3 Å². The Kier molecular flexibility index (Phi) is 14.7.